The molecular weight excluding hydrogens is 438 g/mol. The number of rotatable bonds is 7. The molecule has 0 spiro atoms. The Balaban J connectivity index is 1.74. The molecule has 174 valence electrons. The number of hydrogen-bond acceptors (Lipinski definition) is 3. The van der Waals surface area contributed by atoms with Gasteiger partial charge in [-0.15, -0.1) is 0 Å². The fourth-order valence-electron chi connectivity index (χ4n) is 3.45. The molecule has 1 fully saturated rings. The molecule has 0 unspecified atom stereocenters. The zero-order valence-electron chi connectivity index (χ0n) is 17.8. The van der Waals surface area contributed by atoms with Crippen LogP contribution in [-0.4, -0.2) is 54.6 Å². The van der Waals surface area contributed by atoms with Gasteiger partial charge in [-0.3, -0.25) is 9.59 Å². The van der Waals surface area contributed by atoms with Gasteiger partial charge in [-0.1, -0.05) is 11.6 Å². The summed E-state index contributed by atoms with van der Waals surface area (Å²) in [5.41, 5.74) is -2.09. The fraction of sp³-hybridized carbons (Fsp3) is 0.619. The van der Waals surface area contributed by atoms with Gasteiger partial charge in [-0.2, -0.15) is 13.2 Å². The fourth-order valence-corrected chi connectivity index (χ4v) is 3.67. The van der Waals surface area contributed by atoms with Crippen LogP contribution in [0.3, 0.4) is 0 Å². The predicted octanol–water partition coefficient (Wildman–Crippen LogP) is 4.16. The molecule has 0 aliphatic heterocycles. The molecular formula is C21H28ClF4N3O2. The molecule has 31 heavy (non-hydrogen) atoms. The number of carbonyl (C=O) groups excluding carboxylic acids is 2. The first-order valence-electron chi connectivity index (χ1n) is 10.1. The van der Waals surface area contributed by atoms with Crippen LogP contribution < -0.4 is 10.6 Å². The summed E-state index contributed by atoms with van der Waals surface area (Å²) in [4.78, 5) is 25.1. The summed E-state index contributed by atoms with van der Waals surface area (Å²) in [5.74, 6) is -1.37. The molecule has 1 saturated carbocycles. The Morgan fingerprint density at radius 2 is 1.74 bits per heavy atom. The van der Waals surface area contributed by atoms with Crippen molar-refractivity contribution < 1.29 is 27.2 Å². The molecule has 10 heteroatoms. The lowest BCUT2D eigenvalue weighted by atomic mass is 9.86. The SMILES string of the molecule is CN(C(=O)CN[C@H]1CC[C@H](CNC(=O)c2cc(F)cc(Cl)c2)CC1)C(C)(C)C(F)(F)F. The second kappa shape index (κ2) is 10.2. The van der Waals surface area contributed by atoms with E-state index in [-0.39, 0.29) is 29.1 Å². The van der Waals surface area contributed by atoms with E-state index in [1.165, 1.54) is 6.07 Å². The molecule has 5 nitrogen and oxygen atoms in total. The van der Waals surface area contributed by atoms with E-state index in [1.54, 1.807) is 0 Å². The molecule has 2 N–H and O–H groups in total. The minimum atomic E-state index is -4.52. The molecule has 0 bridgehead atoms. The van der Waals surface area contributed by atoms with Gasteiger partial charge in [0.05, 0.1) is 6.54 Å². The molecule has 0 aromatic heterocycles. The highest BCUT2D eigenvalue weighted by Gasteiger charge is 2.51. The van der Waals surface area contributed by atoms with Crippen LogP contribution in [0.2, 0.25) is 5.02 Å². The second-order valence-electron chi connectivity index (χ2n) is 8.48. The van der Waals surface area contributed by atoms with Gasteiger partial charge in [-0.25, -0.2) is 4.39 Å². The molecule has 2 rings (SSSR count). The summed E-state index contributed by atoms with van der Waals surface area (Å²) in [6.07, 6.45) is -1.45. The summed E-state index contributed by atoms with van der Waals surface area (Å²) in [5, 5.41) is 5.98. The van der Waals surface area contributed by atoms with Gasteiger partial charge in [0.2, 0.25) is 5.91 Å². The number of nitrogens with zero attached hydrogens (tertiary/aromatic N) is 1. The molecule has 2 amide bonds. The van der Waals surface area contributed by atoms with Crippen molar-refractivity contribution in [1.29, 1.82) is 0 Å². The summed E-state index contributed by atoms with van der Waals surface area (Å²) in [6.45, 7) is 2.22. The van der Waals surface area contributed by atoms with Crippen molar-refractivity contribution >= 4 is 23.4 Å². The Kier molecular flexibility index (Phi) is 8.33. The third-order valence-corrected chi connectivity index (χ3v) is 6.19. The van der Waals surface area contributed by atoms with Gasteiger partial charge in [0.1, 0.15) is 11.4 Å². The number of amides is 2. The maximum atomic E-state index is 13.4. The topological polar surface area (TPSA) is 61.4 Å². The van der Waals surface area contributed by atoms with Crippen LogP contribution in [0, 0.1) is 11.7 Å². The maximum absolute atomic E-state index is 13.4. The van der Waals surface area contributed by atoms with E-state index in [0.717, 1.165) is 63.6 Å². The van der Waals surface area contributed by atoms with Crippen LogP contribution >= 0.6 is 11.6 Å². The smallest absolute Gasteiger partial charge is 0.352 e. The van der Waals surface area contributed by atoms with Crippen LogP contribution in [0.5, 0.6) is 0 Å². The largest absolute Gasteiger partial charge is 0.411 e. The normalized spacial score (nSPS) is 19.7. The van der Waals surface area contributed by atoms with Crippen molar-refractivity contribution in [3.63, 3.8) is 0 Å². The Hall–Kier alpha value is -1.87. The van der Waals surface area contributed by atoms with Crippen LogP contribution in [0.4, 0.5) is 17.6 Å². The third kappa shape index (κ3) is 6.80. The molecule has 0 saturated heterocycles. The van der Waals surface area contributed by atoms with Gasteiger partial charge in [0.25, 0.3) is 5.91 Å². The highest BCUT2D eigenvalue weighted by molar-refractivity contribution is 6.31. The van der Waals surface area contributed by atoms with Crippen molar-refractivity contribution in [2.45, 2.75) is 57.3 Å². The zero-order chi connectivity index (χ0) is 23.4. The number of carbonyl (C=O) groups is 2. The van der Waals surface area contributed by atoms with E-state index in [9.17, 15) is 27.2 Å². The average molecular weight is 466 g/mol. The number of halogens is 5. The van der Waals surface area contributed by atoms with Crippen LogP contribution in [0.15, 0.2) is 18.2 Å². The average Bonchev–Trinajstić information content (AvgIpc) is 2.68. The van der Waals surface area contributed by atoms with Crippen LogP contribution in [0.1, 0.15) is 49.9 Å². The van der Waals surface area contributed by atoms with E-state index in [0.29, 0.717) is 6.54 Å². The predicted molar refractivity (Wildman–Crippen MR) is 110 cm³/mol. The van der Waals surface area contributed by atoms with E-state index >= 15 is 0 Å². The lowest BCUT2D eigenvalue weighted by Gasteiger charge is -2.37. The number of likely N-dealkylation sites (N-methyl/N-ethyl adjacent to an activating group) is 1. The number of hydrogen-bond donors (Lipinski definition) is 2. The van der Waals surface area contributed by atoms with Gasteiger partial charge >= 0.3 is 6.18 Å². The Morgan fingerprint density at radius 3 is 2.29 bits per heavy atom. The van der Waals surface area contributed by atoms with Crippen molar-refractivity contribution in [3.8, 4) is 0 Å². The van der Waals surface area contributed by atoms with Crippen molar-refractivity contribution in [1.82, 2.24) is 15.5 Å². The molecule has 1 aromatic rings. The molecule has 1 aliphatic carbocycles. The van der Waals surface area contributed by atoms with Gasteiger partial charge in [0, 0.05) is 30.2 Å². The summed E-state index contributed by atoms with van der Waals surface area (Å²) >= 11 is 5.77. The lowest BCUT2D eigenvalue weighted by Crippen LogP contribution is -2.57. The van der Waals surface area contributed by atoms with Gasteiger partial charge in [0.15, 0.2) is 0 Å². The van der Waals surface area contributed by atoms with E-state index in [4.69, 9.17) is 11.6 Å². The second-order valence-corrected chi connectivity index (χ2v) is 8.91. The van der Waals surface area contributed by atoms with E-state index in [2.05, 4.69) is 10.6 Å². The standard InChI is InChI=1S/C21H28ClF4N3O2/c1-20(2,21(24,25)26)29(3)18(30)12-27-17-6-4-13(5-7-17)11-28-19(31)14-8-15(22)10-16(23)9-14/h8-10,13,17,27H,4-7,11-12H2,1-3H3,(H,28,31)/t13-,17-. The van der Waals surface area contributed by atoms with Crippen molar-refractivity contribution in [3.05, 3.63) is 34.6 Å². The Morgan fingerprint density at radius 1 is 1.13 bits per heavy atom. The highest BCUT2D eigenvalue weighted by Crippen LogP contribution is 2.34. The summed E-state index contributed by atoms with van der Waals surface area (Å²) < 4.78 is 52.6. The third-order valence-electron chi connectivity index (χ3n) is 5.97. The monoisotopic (exact) mass is 465 g/mol. The molecule has 0 radical (unpaired) electrons. The molecule has 0 atom stereocenters. The zero-order valence-corrected chi connectivity index (χ0v) is 18.5. The molecule has 1 aromatic carbocycles. The van der Waals surface area contributed by atoms with Crippen molar-refractivity contribution in [2.75, 3.05) is 20.1 Å². The van der Waals surface area contributed by atoms with Crippen LogP contribution in [0.25, 0.3) is 0 Å². The van der Waals surface area contributed by atoms with Gasteiger partial charge in [-0.05, 0) is 63.6 Å². The maximum Gasteiger partial charge on any atom is 0.411 e. The lowest BCUT2D eigenvalue weighted by molar-refractivity contribution is -0.217. The number of benzene rings is 1. The first-order valence-corrected chi connectivity index (χ1v) is 10.5. The van der Waals surface area contributed by atoms with Crippen molar-refractivity contribution in [2.24, 2.45) is 5.92 Å². The first kappa shape index (κ1) is 25.4. The highest BCUT2D eigenvalue weighted by atomic mass is 35.5. The van der Waals surface area contributed by atoms with Crippen LogP contribution in [-0.2, 0) is 4.79 Å². The van der Waals surface area contributed by atoms with E-state index < -0.39 is 29.3 Å². The number of nitrogens with one attached hydrogen (secondary N) is 2. The summed E-state index contributed by atoms with van der Waals surface area (Å²) in [6, 6.07) is 3.67. The van der Waals surface area contributed by atoms with Gasteiger partial charge < -0.3 is 15.5 Å². The molecule has 1 aliphatic rings. The molecule has 0 heterocycles. The first-order chi connectivity index (χ1) is 14.3. The minimum absolute atomic E-state index is 0.0281. The van der Waals surface area contributed by atoms with E-state index in [1.807, 2.05) is 0 Å². The Bertz CT molecular complexity index is 773. The minimum Gasteiger partial charge on any atom is -0.352 e. The summed E-state index contributed by atoms with van der Waals surface area (Å²) in [7, 11) is 1.16. The quantitative estimate of drug-likeness (QED) is 0.594. The number of alkyl halides is 3. The Labute approximate surface area is 184 Å².